The minimum atomic E-state index is 0.918. The molecule has 7 rings (SSSR count). The number of nitrogens with zero attached hydrogens (tertiary/aromatic N) is 1. The van der Waals surface area contributed by atoms with E-state index in [9.17, 15) is 0 Å². The highest BCUT2D eigenvalue weighted by Gasteiger charge is 2.06. The number of aromatic nitrogens is 1. The van der Waals surface area contributed by atoms with Gasteiger partial charge in [-0.25, -0.2) is 4.98 Å². The van der Waals surface area contributed by atoms with Gasteiger partial charge >= 0.3 is 0 Å². The first-order chi connectivity index (χ1) is 24.8. The lowest BCUT2D eigenvalue weighted by molar-refractivity contribution is 1.27. The van der Waals surface area contributed by atoms with Crippen molar-refractivity contribution < 1.29 is 0 Å². The first-order valence-electron chi connectivity index (χ1n) is 17.0. The fourth-order valence-corrected chi connectivity index (χ4v) is 5.90. The van der Waals surface area contributed by atoms with Gasteiger partial charge in [-0.2, -0.15) is 0 Å². The summed E-state index contributed by atoms with van der Waals surface area (Å²) in [6.45, 7) is 0. The molecular formula is C49H37N. The molecule has 0 amide bonds. The van der Waals surface area contributed by atoms with E-state index in [-0.39, 0.29) is 0 Å². The third-order valence-electron chi connectivity index (χ3n) is 8.52. The molecule has 0 spiro atoms. The topological polar surface area (TPSA) is 12.9 Å². The van der Waals surface area contributed by atoms with Crippen LogP contribution < -0.4 is 0 Å². The first-order valence-corrected chi connectivity index (χ1v) is 17.0. The van der Waals surface area contributed by atoms with Gasteiger partial charge in [0.15, 0.2) is 0 Å². The van der Waals surface area contributed by atoms with E-state index < -0.39 is 0 Å². The lowest BCUT2D eigenvalue weighted by atomic mass is 9.95. The van der Waals surface area contributed by atoms with E-state index in [1.54, 1.807) is 0 Å². The molecule has 1 nitrogen and oxygen atoms in total. The molecule has 0 N–H and O–H groups in total. The van der Waals surface area contributed by atoms with Gasteiger partial charge < -0.3 is 0 Å². The van der Waals surface area contributed by atoms with Gasteiger partial charge in [-0.3, -0.25) is 0 Å². The molecule has 0 atom stereocenters. The van der Waals surface area contributed by atoms with Crippen molar-refractivity contribution >= 4 is 47.6 Å². The zero-order valence-electron chi connectivity index (χ0n) is 27.8. The van der Waals surface area contributed by atoms with Crippen molar-refractivity contribution in [1.29, 1.82) is 0 Å². The fourth-order valence-electron chi connectivity index (χ4n) is 5.90. The third kappa shape index (κ3) is 8.47. The molecular weight excluding hydrogens is 603 g/mol. The predicted molar refractivity (Wildman–Crippen MR) is 215 cm³/mol. The summed E-state index contributed by atoms with van der Waals surface area (Å²) >= 11 is 0. The maximum Gasteiger partial charge on any atom is 0.0637 e. The molecule has 0 fully saturated rings. The van der Waals surface area contributed by atoms with E-state index in [1.807, 2.05) is 12.1 Å². The van der Waals surface area contributed by atoms with E-state index >= 15 is 0 Å². The smallest absolute Gasteiger partial charge is 0.0637 e. The molecule has 0 saturated heterocycles. The minimum Gasteiger partial charge on any atom is -0.249 e. The second-order valence-corrected chi connectivity index (χ2v) is 12.1. The summed E-state index contributed by atoms with van der Waals surface area (Å²) < 4.78 is 0. The van der Waals surface area contributed by atoms with E-state index in [2.05, 4.69) is 212 Å². The highest BCUT2D eigenvalue weighted by Crippen LogP contribution is 2.27. The van der Waals surface area contributed by atoms with Crippen LogP contribution in [0.5, 0.6) is 0 Å². The first kappa shape index (κ1) is 32.0. The van der Waals surface area contributed by atoms with Crippen LogP contribution in [0.1, 0.15) is 55.9 Å². The van der Waals surface area contributed by atoms with Crippen LogP contribution in [0.25, 0.3) is 47.6 Å². The lowest BCUT2D eigenvalue weighted by Gasteiger charge is -2.09. The molecule has 0 aliphatic heterocycles. The van der Waals surface area contributed by atoms with Crippen LogP contribution in [-0.4, -0.2) is 4.98 Å². The Morgan fingerprint density at radius 1 is 0.280 bits per heavy atom. The average Bonchev–Trinajstić information content (AvgIpc) is 3.20. The highest BCUT2D eigenvalue weighted by atomic mass is 14.7. The molecule has 0 aliphatic carbocycles. The van der Waals surface area contributed by atoms with Gasteiger partial charge in [0.1, 0.15) is 0 Å². The van der Waals surface area contributed by atoms with Crippen molar-refractivity contribution in [2.24, 2.45) is 0 Å². The minimum absolute atomic E-state index is 0.918. The zero-order valence-corrected chi connectivity index (χ0v) is 27.8. The second-order valence-electron chi connectivity index (χ2n) is 12.1. The summed E-state index contributed by atoms with van der Waals surface area (Å²) in [5.41, 5.74) is 13.6. The Bertz CT molecular complexity index is 2000. The predicted octanol–water partition coefficient (Wildman–Crippen LogP) is 12.6. The van der Waals surface area contributed by atoms with Crippen molar-refractivity contribution in [2.45, 2.75) is 0 Å². The molecule has 0 saturated carbocycles. The van der Waals surface area contributed by atoms with Crippen LogP contribution in [0.2, 0.25) is 0 Å². The summed E-state index contributed by atoms with van der Waals surface area (Å²) in [5.74, 6) is 0. The Balaban J connectivity index is 1.03. The number of hydrogen-bond donors (Lipinski definition) is 0. The fraction of sp³-hybridized carbons (Fsp3) is 0. The summed E-state index contributed by atoms with van der Waals surface area (Å²) in [5, 5.41) is 0. The Kier molecular flexibility index (Phi) is 10.3. The van der Waals surface area contributed by atoms with Crippen LogP contribution in [0.4, 0.5) is 0 Å². The summed E-state index contributed by atoms with van der Waals surface area (Å²) in [4.78, 5) is 4.86. The molecule has 1 aromatic heterocycles. The number of rotatable bonds is 10. The second kappa shape index (κ2) is 16.0. The van der Waals surface area contributed by atoms with Gasteiger partial charge in [-0.15, -0.1) is 0 Å². The van der Waals surface area contributed by atoms with E-state index in [1.165, 1.54) is 33.4 Å². The number of pyridine rings is 1. The van der Waals surface area contributed by atoms with Gasteiger partial charge in [-0.1, -0.05) is 188 Å². The van der Waals surface area contributed by atoms with E-state index in [0.717, 1.165) is 33.6 Å². The van der Waals surface area contributed by atoms with E-state index in [4.69, 9.17) is 4.98 Å². The summed E-state index contributed by atoms with van der Waals surface area (Å²) in [6, 6.07) is 65.6. The molecule has 0 aliphatic rings. The van der Waals surface area contributed by atoms with Gasteiger partial charge in [-0.05, 0) is 92.1 Å². The molecule has 1 heteroatoms. The molecule has 50 heavy (non-hydrogen) atoms. The van der Waals surface area contributed by atoms with Crippen LogP contribution in [-0.2, 0) is 0 Å². The van der Waals surface area contributed by atoms with Crippen molar-refractivity contribution in [3.05, 3.63) is 244 Å². The Morgan fingerprint density at radius 3 is 0.900 bits per heavy atom. The number of benzene rings is 6. The Morgan fingerprint density at radius 2 is 0.580 bits per heavy atom. The van der Waals surface area contributed by atoms with Gasteiger partial charge in [0, 0.05) is 0 Å². The van der Waals surface area contributed by atoms with Gasteiger partial charge in [0.2, 0.25) is 0 Å². The Hall–Kier alpha value is -6.57. The standard InChI is InChI=1S/C49H37N/c1-5-14-42(15-6-1)48(43-16-7-2-8-17-43)36-40-28-24-38(25-29-40)32-34-46-22-13-23-47(50-46)35-33-39-26-30-41(31-27-39)37-49(44-18-9-3-10-19-44)45-20-11-4-12-21-45/h1-37H. The van der Waals surface area contributed by atoms with Gasteiger partial charge in [0.05, 0.1) is 11.4 Å². The maximum absolute atomic E-state index is 4.86. The molecule has 238 valence electrons. The molecule has 0 radical (unpaired) electrons. The van der Waals surface area contributed by atoms with Crippen LogP contribution in [0, 0.1) is 0 Å². The lowest BCUT2D eigenvalue weighted by Crippen LogP contribution is -1.88. The number of hydrogen-bond acceptors (Lipinski definition) is 1. The maximum atomic E-state index is 4.86. The largest absolute Gasteiger partial charge is 0.249 e. The third-order valence-corrected chi connectivity index (χ3v) is 8.52. The summed E-state index contributed by atoms with van der Waals surface area (Å²) in [7, 11) is 0. The summed E-state index contributed by atoms with van der Waals surface area (Å²) in [6.07, 6.45) is 12.9. The molecule has 0 bridgehead atoms. The van der Waals surface area contributed by atoms with E-state index in [0.29, 0.717) is 0 Å². The quantitative estimate of drug-likeness (QED) is 0.136. The van der Waals surface area contributed by atoms with Crippen LogP contribution >= 0.6 is 0 Å². The molecule has 7 aromatic rings. The molecule has 6 aromatic carbocycles. The van der Waals surface area contributed by atoms with Crippen LogP contribution in [0.3, 0.4) is 0 Å². The molecule has 1 heterocycles. The van der Waals surface area contributed by atoms with Crippen LogP contribution in [0.15, 0.2) is 188 Å². The normalized spacial score (nSPS) is 11.0. The van der Waals surface area contributed by atoms with Crippen molar-refractivity contribution in [3.8, 4) is 0 Å². The van der Waals surface area contributed by atoms with Crippen molar-refractivity contribution in [1.82, 2.24) is 4.98 Å². The van der Waals surface area contributed by atoms with Crippen molar-refractivity contribution in [3.63, 3.8) is 0 Å². The zero-order chi connectivity index (χ0) is 33.8. The Labute approximate surface area is 295 Å². The SMILES string of the molecule is C(=Cc1cccc(C=Cc2ccc(C=C(c3ccccc3)c3ccccc3)cc2)n1)c1ccc(C=C(c2ccccc2)c2ccccc2)cc1. The van der Waals surface area contributed by atoms with Crippen molar-refractivity contribution in [2.75, 3.05) is 0 Å². The highest BCUT2D eigenvalue weighted by molar-refractivity contribution is 5.92. The monoisotopic (exact) mass is 639 g/mol. The van der Waals surface area contributed by atoms with Gasteiger partial charge in [0.25, 0.3) is 0 Å². The average molecular weight is 640 g/mol. The molecule has 0 unspecified atom stereocenters.